The first-order valence-electron chi connectivity index (χ1n) is 9.66. The van der Waals surface area contributed by atoms with Gasteiger partial charge in [0.05, 0.1) is 0 Å². The van der Waals surface area contributed by atoms with Gasteiger partial charge in [0.1, 0.15) is 17.4 Å². The maximum Gasteiger partial charge on any atom is 0.247 e. The van der Waals surface area contributed by atoms with E-state index in [2.05, 4.69) is 37.0 Å². The molecule has 3 unspecified atom stereocenters. The lowest BCUT2D eigenvalue weighted by atomic mass is 9.72. The molecule has 6 nitrogen and oxygen atoms in total. The molecule has 1 aromatic heterocycles. The zero-order valence-corrected chi connectivity index (χ0v) is 16.8. The van der Waals surface area contributed by atoms with Gasteiger partial charge < -0.3 is 14.9 Å². The molecule has 0 fully saturated rings. The first kappa shape index (κ1) is 19.7. The molecule has 3 rings (SSSR count). The van der Waals surface area contributed by atoms with Crippen molar-refractivity contribution in [1.82, 2.24) is 10.2 Å². The predicted octanol–water partition coefficient (Wildman–Crippen LogP) is 4.89. The second kappa shape index (κ2) is 8.30. The van der Waals surface area contributed by atoms with Crippen LogP contribution in [0, 0.1) is 23.2 Å². The third kappa shape index (κ3) is 3.53. The van der Waals surface area contributed by atoms with Crippen molar-refractivity contribution in [3.8, 4) is 17.5 Å². The number of nitrogens with zero attached hydrogens (tertiary/aromatic N) is 3. The number of aromatic nitrogens is 2. The molecule has 146 valence electrons. The van der Waals surface area contributed by atoms with Gasteiger partial charge in [0.15, 0.2) is 0 Å². The van der Waals surface area contributed by atoms with Gasteiger partial charge in [-0.05, 0) is 48.4 Å². The third-order valence-corrected chi connectivity index (χ3v) is 5.68. The summed E-state index contributed by atoms with van der Waals surface area (Å²) in [5, 5.41) is 17.5. The zero-order chi connectivity index (χ0) is 20.3. The summed E-state index contributed by atoms with van der Waals surface area (Å²) in [5.41, 5.74) is 9.54. The summed E-state index contributed by atoms with van der Waals surface area (Å²) in [6.07, 6.45) is 3.33. The van der Waals surface area contributed by atoms with Crippen molar-refractivity contribution in [3.05, 3.63) is 59.0 Å². The number of hydrogen-bond acceptors (Lipinski definition) is 6. The van der Waals surface area contributed by atoms with E-state index in [9.17, 15) is 5.26 Å². The Labute approximate surface area is 165 Å². The zero-order valence-electron chi connectivity index (χ0n) is 16.8. The number of nitrogens with two attached hydrogens (primary N) is 1. The average molecular weight is 378 g/mol. The molecular formula is C22H26N4O2. The van der Waals surface area contributed by atoms with Gasteiger partial charge >= 0.3 is 0 Å². The molecule has 0 saturated carbocycles. The molecule has 0 amide bonds. The lowest BCUT2D eigenvalue weighted by Gasteiger charge is -2.35. The Kier molecular flexibility index (Phi) is 5.84. The Bertz CT molecular complexity index is 920. The maximum absolute atomic E-state index is 9.83. The van der Waals surface area contributed by atoms with Crippen LogP contribution in [-0.2, 0) is 4.74 Å². The minimum absolute atomic E-state index is 0.189. The lowest BCUT2D eigenvalue weighted by Crippen LogP contribution is -2.26. The second-order valence-electron chi connectivity index (χ2n) is 7.20. The SMILES string of the molecule is CCC(C)C(CC)C1=C(C)OC(N)=C(C#N)C1c1ccc(-c2nnco2)cc1. The van der Waals surface area contributed by atoms with E-state index in [-0.39, 0.29) is 11.8 Å². The maximum atomic E-state index is 9.83. The summed E-state index contributed by atoms with van der Waals surface area (Å²) in [5.74, 6) is 2.02. The van der Waals surface area contributed by atoms with Crippen molar-refractivity contribution in [1.29, 1.82) is 5.26 Å². The molecule has 2 N–H and O–H groups in total. The first-order valence-corrected chi connectivity index (χ1v) is 9.66. The van der Waals surface area contributed by atoms with E-state index in [0.717, 1.165) is 35.3 Å². The minimum atomic E-state index is -0.213. The quantitative estimate of drug-likeness (QED) is 0.768. The summed E-state index contributed by atoms with van der Waals surface area (Å²) in [6.45, 7) is 8.57. The summed E-state index contributed by atoms with van der Waals surface area (Å²) in [4.78, 5) is 0. The largest absolute Gasteiger partial charge is 0.445 e. The molecule has 1 aliphatic heterocycles. The normalized spacial score (nSPS) is 19.2. The van der Waals surface area contributed by atoms with Crippen LogP contribution < -0.4 is 5.73 Å². The molecule has 3 atom stereocenters. The molecule has 0 saturated heterocycles. The Morgan fingerprint density at radius 1 is 1.21 bits per heavy atom. The van der Waals surface area contributed by atoms with E-state index in [1.165, 1.54) is 6.39 Å². The number of rotatable bonds is 6. The molecule has 0 aliphatic carbocycles. The highest BCUT2D eigenvalue weighted by Crippen LogP contribution is 2.46. The van der Waals surface area contributed by atoms with E-state index in [0.29, 0.717) is 23.3 Å². The molecule has 28 heavy (non-hydrogen) atoms. The number of benzene rings is 1. The van der Waals surface area contributed by atoms with Crippen LogP contribution in [0.15, 0.2) is 57.9 Å². The Hall–Kier alpha value is -3.07. The molecule has 1 aromatic carbocycles. The topological polar surface area (TPSA) is 98.0 Å². The van der Waals surface area contributed by atoms with Crippen molar-refractivity contribution in [2.24, 2.45) is 17.6 Å². The summed E-state index contributed by atoms with van der Waals surface area (Å²) in [7, 11) is 0. The number of allylic oxidation sites excluding steroid dienone is 3. The second-order valence-corrected chi connectivity index (χ2v) is 7.20. The van der Waals surface area contributed by atoms with E-state index >= 15 is 0 Å². The van der Waals surface area contributed by atoms with Gasteiger partial charge in [-0.2, -0.15) is 5.26 Å². The standard InChI is InChI=1S/C22H26N4O2/c1-5-13(3)17(6-2)19-14(4)28-21(24)18(11-23)20(19)15-7-9-16(10-8-15)22-26-25-12-27-22/h7-10,12-13,17,20H,5-6,24H2,1-4H3. The fraction of sp³-hybridized carbons (Fsp3) is 0.409. The van der Waals surface area contributed by atoms with Gasteiger partial charge in [0.2, 0.25) is 18.2 Å². The van der Waals surface area contributed by atoms with Gasteiger partial charge in [-0.25, -0.2) is 0 Å². The highest BCUT2D eigenvalue weighted by molar-refractivity contribution is 5.56. The van der Waals surface area contributed by atoms with Gasteiger partial charge in [-0.3, -0.25) is 0 Å². The van der Waals surface area contributed by atoms with Gasteiger partial charge in [-0.1, -0.05) is 39.3 Å². The van der Waals surface area contributed by atoms with Crippen LogP contribution in [0.4, 0.5) is 0 Å². The summed E-state index contributed by atoms with van der Waals surface area (Å²) >= 11 is 0. The Balaban J connectivity index is 2.09. The van der Waals surface area contributed by atoms with Gasteiger partial charge in [0.25, 0.3) is 0 Å². The summed E-state index contributed by atoms with van der Waals surface area (Å²) in [6, 6.07) is 10.1. The molecule has 6 heteroatoms. The van der Waals surface area contributed by atoms with Crippen LogP contribution in [0.5, 0.6) is 0 Å². The van der Waals surface area contributed by atoms with Crippen LogP contribution in [0.1, 0.15) is 52.0 Å². The van der Waals surface area contributed by atoms with Crippen LogP contribution in [-0.4, -0.2) is 10.2 Å². The van der Waals surface area contributed by atoms with E-state index in [1.54, 1.807) is 0 Å². The van der Waals surface area contributed by atoms with Crippen LogP contribution in [0.3, 0.4) is 0 Å². The van der Waals surface area contributed by atoms with Gasteiger partial charge in [0, 0.05) is 11.5 Å². The van der Waals surface area contributed by atoms with E-state index in [1.807, 2.05) is 31.2 Å². The first-order chi connectivity index (χ1) is 13.5. The van der Waals surface area contributed by atoms with Crippen molar-refractivity contribution >= 4 is 0 Å². The fourth-order valence-corrected chi connectivity index (χ4v) is 4.05. The molecule has 0 spiro atoms. The van der Waals surface area contributed by atoms with E-state index < -0.39 is 0 Å². The van der Waals surface area contributed by atoms with Crippen LogP contribution >= 0.6 is 0 Å². The number of hydrogen-bond donors (Lipinski definition) is 1. The van der Waals surface area contributed by atoms with Gasteiger partial charge in [-0.15, -0.1) is 10.2 Å². The van der Waals surface area contributed by atoms with Crippen molar-refractivity contribution < 1.29 is 9.15 Å². The Morgan fingerprint density at radius 3 is 2.46 bits per heavy atom. The van der Waals surface area contributed by atoms with Crippen molar-refractivity contribution in [2.45, 2.75) is 46.5 Å². The van der Waals surface area contributed by atoms with Crippen LogP contribution in [0.2, 0.25) is 0 Å². The molecule has 1 aliphatic rings. The molecule has 0 bridgehead atoms. The lowest BCUT2D eigenvalue weighted by molar-refractivity contribution is 0.257. The molecule has 0 radical (unpaired) electrons. The average Bonchev–Trinajstić information content (AvgIpc) is 3.24. The van der Waals surface area contributed by atoms with Crippen molar-refractivity contribution in [3.63, 3.8) is 0 Å². The number of ether oxygens (including phenoxy) is 1. The highest BCUT2D eigenvalue weighted by atomic mass is 16.5. The molecule has 2 aromatic rings. The minimum Gasteiger partial charge on any atom is -0.445 e. The smallest absolute Gasteiger partial charge is 0.247 e. The fourth-order valence-electron chi connectivity index (χ4n) is 4.05. The molecular weight excluding hydrogens is 352 g/mol. The van der Waals surface area contributed by atoms with E-state index in [4.69, 9.17) is 14.9 Å². The highest BCUT2D eigenvalue weighted by Gasteiger charge is 2.36. The Morgan fingerprint density at radius 2 is 1.93 bits per heavy atom. The van der Waals surface area contributed by atoms with Crippen LogP contribution in [0.25, 0.3) is 11.5 Å². The third-order valence-electron chi connectivity index (χ3n) is 5.68. The van der Waals surface area contributed by atoms with Crippen molar-refractivity contribution in [2.75, 3.05) is 0 Å². The molecule has 2 heterocycles. The number of nitriles is 1. The predicted molar refractivity (Wildman–Crippen MR) is 106 cm³/mol. The monoisotopic (exact) mass is 378 g/mol. The summed E-state index contributed by atoms with van der Waals surface area (Å²) < 4.78 is 11.1.